The average Bonchev–Trinajstić information content (AvgIpc) is 1.80. The first-order valence-electron chi connectivity index (χ1n) is 3.82. The van der Waals surface area contributed by atoms with Crippen LogP contribution in [0.3, 0.4) is 0 Å². The second-order valence-corrected chi connectivity index (χ2v) is 5.86. The predicted octanol–water partition coefficient (Wildman–Crippen LogP) is -0.468. The molecule has 0 bridgehead atoms. The number of rotatable bonds is 3. The van der Waals surface area contributed by atoms with E-state index in [2.05, 4.69) is 0 Å². The summed E-state index contributed by atoms with van der Waals surface area (Å²) in [6.45, 7) is 5.22. The molecule has 0 fully saturated rings. The van der Waals surface area contributed by atoms with Gasteiger partial charge in [0.25, 0.3) is 0 Å². The molecule has 0 rings (SSSR count). The molecule has 13 heavy (non-hydrogen) atoms. The topological polar surface area (TPSA) is 80.5 Å². The quantitative estimate of drug-likeness (QED) is 0.681. The zero-order chi connectivity index (χ0) is 10.9. The Morgan fingerprint density at radius 2 is 1.77 bits per heavy atom. The maximum Gasteiger partial charge on any atom is 0.234 e. The first-order valence-corrected chi connectivity index (χ1v) is 5.43. The average molecular weight is 208 g/mol. The van der Waals surface area contributed by atoms with Crippen molar-refractivity contribution in [3.8, 4) is 0 Å². The third-order valence-electron chi connectivity index (χ3n) is 1.69. The summed E-state index contributed by atoms with van der Waals surface area (Å²) in [5.74, 6) is -1.48. The largest absolute Gasteiger partial charge is 0.369 e. The third kappa shape index (κ3) is 3.73. The van der Waals surface area contributed by atoms with Gasteiger partial charge in [-0.15, -0.1) is 0 Å². The molecule has 0 radical (unpaired) electrons. The fourth-order valence-electron chi connectivity index (χ4n) is 0.694. The molecule has 5 nitrogen and oxygen atoms in total. The van der Waals surface area contributed by atoms with Crippen molar-refractivity contribution in [2.24, 2.45) is 5.73 Å². The lowest BCUT2D eigenvalue weighted by molar-refractivity contribution is -0.115. The molecule has 2 N–H and O–H groups in total. The van der Waals surface area contributed by atoms with Crippen LogP contribution in [0.1, 0.15) is 20.8 Å². The van der Waals surface area contributed by atoms with Gasteiger partial charge in [0, 0.05) is 12.6 Å². The molecular weight excluding hydrogens is 192 g/mol. The minimum Gasteiger partial charge on any atom is -0.369 e. The van der Waals surface area contributed by atoms with Gasteiger partial charge >= 0.3 is 0 Å². The highest BCUT2D eigenvalue weighted by molar-refractivity contribution is 7.89. The van der Waals surface area contributed by atoms with Crippen LogP contribution >= 0.6 is 0 Å². The molecule has 0 unspecified atom stereocenters. The number of nitrogens with zero attached hydrogens (tertiary/aromatic N) is 1. The fourth-order valence-corrected chi connectivity index (χ4v) is 2.08. The van der Waals surface area contributed by atoms with E-state index in [-0.39, 0.29) is 0 Å². The summed E-state index contributed by atoms with van der Waals surface area (Å²) in [7, 11) is -2.13. The lowest BCUT2D eigenvalue weighted by Gasteiger charge is -2.30. The summed E-state index contributed by atoms with van der Waals surface area (Å²) < 4.78 is 24.0. The summed E-state index contributed by atoms with van der Waals surface area (Å²) in [6.07, 6.45) is 0. The number of amides is 1. The van der Waals surface area contributed by atoms with Gasteiger partial charge in [-0.25, -0.2) is 8.42 Å². The number of sulfonamides is 1. The molecule has 1 amide bonds. The van der Waals surface area contributed by atoms with Crippen molar-refractivity contribution in [2.75, 3.05) is 12.8 Å². The van der Waals surface area contributed by atoms with Gasteiger partial charge in [-0.1, -0.05) is 0 Å². The first-order chi connectivity index (χ1) is 5.57. The monoisotopic (exact) mass is 208 g/mol. The van der Waals surface area contributed by atoms with Crippen LogP contribution in [0.2, 0.25) is 0 Å². The van der Waals surface area contributed by atoms with Crippen molar-refractivity contribution in [3.05, 3.63) is 0 Å². The number of primary amides is 1. The van der Waals surface area contributed by atoms with Gasteiger partial charge in [-0.2, -0.15) is 4.31 Å². The molecular formula is C7H16N2O3S. The van der Waals surface area contributed by atoms with Gasteiger partial charge < -0.3 is 5.73 Å². The molecule has 0 aliphatic carbocycles. The molecule has 0 spiro atoms. The molecule has 0 saturated heterocycles. The number of hydrogen-bond donors (Lipinski definition) is 1. The van der Waals surface area contributed by atoms with Crippen molar-refractivity contribution < 1.29 is 13.2 Å². The highest BCUT2D eigenvalue weighted by Gasteiger charge is 2.29. The second kappa shape index (κ2) is 3.63. The Labute approximate surface area is 79.0 Å². The van der Waals surface area contributed by atoms with Gasteiger partial charge in [-0.3, -0.25) is 4.79 Å². The van der Waals surface area contributed by atoms with Crippen LogP contribution in [0.4, 0.5) is 0 Å². The standard InChI is InChI=1S/C7H16N2O3S/c1-7(2,3)9(4)13(11,12)5-6(8)10/h5H2,1-4H3,(H2,8,10). The van der Waals surface area contributed by atoms with Crippen molar-refractivity contribution in [1.82, 2.24) is 4.31 Å². The highest BCUT2D eigenvalue weighted by Crippen LogP contribution is 2.15. The lowest BCUT2D eigenvalue weighted by Crippen LogP contribution is -2.45. The maximum atomic E-state index is 11.4. The van der Waals surface area contributed by atoms with Crippen LogP contribution < -0.4 is 5.73 Å². The van der Waals surface area contributed by atoms with E-state index in [1.54, 1.807) is 20.8 Å². The Morgan fingerprint density at radius 3 is 2.00 bits per heavy atom. The Balaban J connectivity index is 4.77. The normalized spacial score (nSPS) is 13.3. The molecule has 78 valence electrons. The fraction of sp³-hybridized carbons (Fsp3) is 0.857. The molecule has 0 aliphatic rings. The van der Waals surface area contributed by atoms with Gasteiger partial charge in [0.05, 0.1) is 0 Å². The molecule has 6 heteroatoms. The van der Waals surface area contributed by atoms with Crippen molar-refractivity contribution in [3.63, 3.8) is 0 Å². The van der Waals surface area contributed by atoms with Gasteiger partial charge in [0.15, 0.2) is 0 Å². The van der Waals surface area contributed by atoms with Crippen molar-refractivity contribution >= 4 is 15.9 Å². The molecule has 0 saturated carbocycles. The van der Waals surface area contributed by atoms with Crippen LogP contribution in [0, 0.1) is 0 Å². The van der Waals surface area contributed by atoms with Crippen LogP contribution in [-0.4, -0.2) is 37.0 Å². The van der Waals surface area contributed by atoms with Crippen LogP contribution in [-0.2, 0) is 14.8 Å². The summed E-state index contributed by atoms with van der Waals surface area (Å²) in [6, 6.07) is 0. The van der Waals surface area contributed by atoms with Gasteiger partial charge in [-0.05, 0) is 20.8 Å². The zero-order valence-corrected chi connectivity index (χ0v) is 9.18. The molecule has 0 aromatic rings. The highest BCUT2D eigenvalue weighted by atomic mass is 32.2. The van der Waals surface area contributed by atoms with E-state index in [1.165, 1.54) is 7.05 Å². The van der Waals surface area contributed by atoms with Crippen molar-refractivity contribution in [2.45, 2.75) is 26.3 Å². The molecule has 0 aromatic heterocycles. The molecule has 0 heterocycles. The minimum atomic E-state index is -3.56. The second-order valence-electron chi connectivity index (χ2n) is 3.86. The Kier molecular flexibility index (Phi) is 3.46. The summed E-state index contributed by atoms with van der Waals surface area (Å²) >= 11 is 0. The number of nitrogens with two attached hydrogens (primary N) is 1. The van der Waals surface area contributed by atoms with E-state index in [4.69, 9.17) is 5.73 Å². The van der Waals surface area contributed by atoms with Crippen LogP contribution in [0.25, 0.3) is 0 Å². The SMILES string of the molecule is CN(C(C)(C)C)S(=O)(=O)CC(N)=O. The Bertz CT molecular complexity index is 289. The van der Waals surface area contributed by atoms with Gasteiger partial charge in [0.2, 0.25) is 15.9 Å². The number of hydrogen-bond acceptors (Lipinski definition) is 3. The summed E-state index contributed by atoms with van der Waals surface area (Å²) in [4.78, 5) is 10.5. The third-order valence-corrected chi connectivity index (χ3v) is 3.72. The lowest BCUT2D eigenvalue weighted by atomic mass is 10.1. The Hall–Kier alpha value is -0.620. The molecule has 0 aliphatic heterocycles. The zero-order valence-electron chi connectivity index (χ0n) is 8.36. The van der Waals surface area contributed by atoms with Crippen LogP contribution in [0.15, 0.2) is 0 Å². The molecule has 0 aromatic carbocycles. The van der Waals surface area contributed by atoms with Crippen molar-refractivity contribution in [1.29, 1.82) is 0 Å². The van der Waals surface area contributed by atoms with E-state index in [9.17, 15) is 13.2 Å². The van der Waals surface area contributed by atoms with E-state index in [1.807, 2.05) is 0 Å². The van der Waals surface area contributed by atoms with Crippen LogP contribution in [0.5, 0.6) is 0 Å². The first kappa shape index (κ1) is 12.4. The molecule has 0 atom stereocenters. The smallest absolute Gasteiger partial charge is 0.234 e. The summed E-state index contributed by atoms with van der Waals surface area (Å²) in [5.41, 5.74) is 4.28. The summed E-state index contributed by atoms with van der Waals surface area (Å²) in [5, 5.41) is 0. The maximum absolute atomic E-state index is 11.4. The van der Waals surface area contributed by atoms with Gasteiger partial charge in [0.1, 0.15) is 5.75 Å². The minimum absolute atomic E-state index is 0.533. The number of carbonyl (C=O) groups excluding carboxylic acids is 1. The van der Waals surface area contributed by atoms with E-state index < -0.39 is 27.2 Å². The number of carbonyl (C=O) groups is 1. The van der Waals surface area contributed by atoms with E-state index in [0.717, 1.165) is 4.31 Å². The predicted molar refractivity (Wildman–Crippen MR) is 50.5 cm³/mol. The van der Waals surface area contributed by atoms with E-state index in [0.29, 0.717) is 0 Å². The Morgan fingerprint density at radius 1 is 1.38 bits per heavy atom. The van der Waals surface area contributed by atoms with E-state index >= 15 is 0 Å².